The highest BCUT2D eigenvalue weighted by molar-refractivity contribution is 5.63. The van der Waals surface area contributed by atoms with Crippen LogP contribution in [0.15, 0.2) is 24.3 Å². The second-order valence-electron chi connectivity index (χ2n) is 3.58. The van der Waals surface area contributed by atoms with E-state index in [9.17, 15) is 4.79 Å². The molecule has 0 bridgehead atoms. The molecule has 1 aromatic carbocycles. The molecule has 0 saturated heterocycles. The topological polar surface area (TPSA) is 35.5 Å². The minimum atomic E-state index is 0.297. The van der Waals surface area contributed by atoms with Gasteiger partial charge in [0.2, 0.25) is 6.79 Å². The third-order valence-corrected chi connectivity index (χ3v) is 2.42. The summed E-state index contributed by atoms with van der Waals surface area (Å²) in [6.07, 6.45) is 7.44. The van der Waals surface area contributed by atoms with Gasteiger partial charge in [0.25, 0.3) is 0 Å². The number of ether oxygens (including phenoxy) is 2. The van der Waals surface area contributed by atoms with E-state index in [1.54, 1.807) is 0 Å². The molecule has 0 atom stereocenters. The van der Waals surface area contributed by atoms with E-state index in [1.165, 1.54) is 0 Å². The average molecular weight is 218 g/mol. The lowest BCUT2D eigenvalue weighted by atomic mass is 10.1. The van der Waals surface area contributed by atoms with Gasteiger partial charge in [0.15, 0.2) is 11.5 Å². The van der Waals surface area contributed by atoms with Crippen molar-refractivity contribution in [3.05, 3.63) is 29.8 Å². The minimum absolute atomic E-state index is 0.297. The lowest BCUT2D eigenvalue weighted by Gasteiger charge is -1.99. The van der Waals surface area contributed by atoms with Crippen LogP contribution in [0.25, 0.3) is 6.08 Å². The molecule has 0 saturated carbocycles. The molecular formula is C13H14O3. The maximum absolute atomic E-state index is 10.1. The number of para-hydroxylation sites is 1. The fraction of sp³-hybridized carbons (Fsp3) is 0.308. The smallest absolute Gasteiger partial charge is 0.231 e. The Morgan fingerprint density at radius 1 is 1.25 bits per heavy atom. The summed E-state index contributed by atoms with van der Waals surface area (Å²) in [7, 11) is 0. The Bertz CT molecular complexity index is 396. The first-order valence-corrected chi connectivity index (χ1v) is 5.40. The Morgan fingerprint density at radius 3 is 3.06 bits per heavy atom. The van der Waals surface area contributed by atoms with Crippen LogP contribution in [0.3, 0.4) is 0 Å². The van der Waals surface area contributed by atoms with Gasteiger partial charge in [-0.25, -0.2) is 0 Å². The Balaban J connectivity index is 1.99. The predicted octanol–water partition coefficient (Wildman–Crippen LogP) is 2.80. The van der Waals surface area contributed by atoms with Crippen molar-refractivity contribution in [3.8, 4) is 11.5 Å². The predicted molar refractivity (Wildman–Crippen MR) is 61.5 cm³/mol. The standard InChI is InChI=1S/C13H14O3/c14-9-4-2-1-3-6-11-7-5-8-12-13(11)16-10-15-12/h3,5-9H,1-2,4,10H2/b6-3+. The zero-order valence-electron chi connectivity index (χ0n) is 9.02. The van der Waals surface area contributed by atoms with Gasteiger partial charge < -0.3 is 14.3 Å². The molecule has 0 unspecified atom stereocenters. The quantitative estimate of drug-likeness (QED) is 0.563. The average Bonchev–Trinajstić information content (AvgIpc) is 2.77. The molecule has 16 heavy (non-hydrogen) atoms. The molecular weight excluding hydrogens is 204 g/mol. The van der Waals surface area contributed by atoms with E-state index < -0.39 is 0 Å². The summed E-state index contributed by atoms with van der Waals surface area (Å²) < 4.78 is 10.7. The van der Waals surface area contributed by atoms with Crippen molar-refractivity contribution in [1.82, 2.24) is 0 Å². The SMILES string of the molecule is O=CCCC/C=C/c1cccc2c1OCO2. The van der Waals surface area contributed by atoms with Crippen molar-refractivity contribution in [2.24, 2.45) is 0 Å². The Hall–Kier alpha value is -1.77. The van der Waals surface area contributed by atoms with Crippen molar-refractivity contribution >= 4 is 12.4 Å². The van der Waals surface area contributed by atoms with Crippen molar-refractivity contribution in [3.63, 3.8) is 0 Å². The van der Waals surface area contributed by atoms with Gasteiger partial charge in [-0.05, 0) is 18.9 Å². The Morgan fingerprint density at radius 2 is 2.19 bits per heavy atom. The molecule has 1 aliphatic rings. The van der Waals surface area contributed by atoms with E-state index in [-0.39, 0.29) is 0 Å². The van der Waals surface area contributed by atoms with Gasteiger partial charge in [0, 0.05) is 12.0 Å². The van der Waals surface area contributed by atoms with Crippen LogP contribution in [0.2, 0.25) is 0 Å². The van der Waals surface area contributed by atoms with Gasteiger partial charge in [-0.3, -0.25) is 0 Å². The van der Waals surface area contributed by atoms with Gasteiger partial charge >= 0.3 is 0 Å². The second kappa shape index (κ2) is 5.35. The van der Waals surface area contributed by atoms with Crippen molar-refractivity contribution in [1.29, 1.82) is 0 Å². The highest BCUT2D eigenvalue weighted by atomic mass is 16.7. The molecule has 0 radical (unpaired) electrons. The highest BCUT2D eigenvalue weighted by Crippen LogP contribution is 2.35. The van der Waals surface area contributed by atoms with Crippen molar-refractivity contribution in [2.75, 3.05) is 6.79 Å². The van der Waals surface area contributed by atoms with Crippen LogP contribution < -0.4 is 9.47 Å². The number of hydrogen-bond acceptors (Lipinski definition) is 3. The van der Waals surface area contributed by atoms with E-state index in [4.69, 9.17) is 9.47 Å². The zero-order chi connectivity index (χ0) is 11.2. The number of unbranched alkanes of at least 4 members (excludes halogenated alkanes) is 2. The van der Waals surface area contributed by atoms with Crippen LogP contribution >= 0.6 is 0 Å². The number of allylic oxidation sites excluding steroid dienone is 1. The molecule has 0 aliphatic carbocycles. The summed E-state index contributed by atoms with van der Waals surface area (Å²) in [5.74, 6) is 1.61. The summed E-state index contributed by atoms with van der Waals surface area (Å²) in [6, 6.07) is 5.83. The first-order chi connectivity index (χ1) is 7.92. The van der Waals surface area contributed by atoms with E-state index in [0.29, 0.717) is 13.2 Å². The number of fused-ring (bicyclic) bond motifs is 1. The fourth-order valence-corrected chi connectivity index (χ4v) is 1.61. The summed E-state index contributed by atoms with van der Waals surface area (Å²) in [5, 5.41) is 0. The van der Waals surface area contributed by atoms with Crippen LogP contribution in [0.4, 0.5) is 0 Å². The molecule has 0 amide bonds. The van der Waals surface area contributed by atoms with Crippen LogP contribution in [0.1, 0.15) is 24.8 Å². The lowest BCUT2D eigenvalue weighted by Crippen LogP contribution is -1.93. The normalized spacial score (nSPS) is 13.2. The molecule has 2 rings (SSSR count). The second-order valence-corrected chi connectivity index (χ2v) is 3.58. The largest absolute Gasteiger partial charge is 0.454 e. The molecule has 1 heterocycles. The molecule has 84 valence electrons. The summed E-state index contributed by atoms with van der Waals surface area (Å²) in [5.41, 5.74) is 1.03. The van der Waals surface area contributed by atoms with Crippen LogP contribution in [0, 0.1) is 0 Å². The molecule has 0 aromatic heterocycles. The molecule has 1 aliphatic heterocycles. The number of carbonyl (C=O) groups excluding carboxylic acids is 1. The van der Waals surface area contributed by atoms with Gasteiger partial charge in [-0.15, -0.1) is 0 Å². The van der Waals surface area contributed by atoms with Gasteiger partial charge in [0.1, 0.15) is 6.29 Å². The maximum Gasteiger partial charge on any atom is 0.231 e. The lowest BCUT2D eigenvalue weighted by molar-refractivity contribution is -0.107. The van der Waals surface area contributed by atoms with Crippen LogP contribution in [-0.2, 0) is 4.79 Å². The number of hydrogen-bond donors (Lipinski definition) is 0. The van der Waals surface area contributed by atoms with Gasteiger partial charge in [-0.1, -0.05) is 24.3 Å². The van der Waals surface area contributed by atoms with Gasteiger partial charge in [-0.2, -0.15) is 0 Å². The zero-order valence-corrected chi connectivity index (χ0v) is 9.02. The molecule has 3 nitrogen and oxygen atoms in total. The first-order valence-electron chi connectivity index (χ1n) is 5.40. The van der Waals surface area contributed by atoms with Crippen molar-refractivity contribution < 1.29 is 14.3 Å². The van der Waals surface area contributed by atoms with Crippen molar-refractivity contribution in [2.45, 2.75) is 19.3 Å². The summed E-state index contributed by atoms with van der Waals surface area (Å²) in [4.78, 5) is 10.1. The maximum atomic E-state index is 10.1. The van der Waals surface area contributed by atoms with Gasteiger partial charge in [0.05, 0.1) is 0 Å². The van der Waals surface area contributed by atoms with E-state index in [1.807, 2.05) is 24.3 Å². The Kier molecular flexibility index (Phi) is 3.59. The number of carbonyl (C=O) groups is 1. The molecule has 0 fully saturated rings. The van der Waals surface area contributed by atoms with Crippen LogP contribution in [-0.4, -0.2) is 13.1 Å². The first kappa shape index (κ1) is 10.7. The monoisotopic (exact) mass is 218 g/mol. The number of rotatable bonds is 5. The number of aldehydes is 1. The fourth-order valence-electron chi connectivity index (χ4n) is 1.61. The van der Waals surface area contributed by atoms with Crippen LogP contribution in [0.5, 0.6) is 11.5 Å². The Labute approximate surface area is 94.7 Å². The third kappa shape index (κ3) is 2.42. The highest BCUT2D eigenvalue weighted by Gasteiger charge is 2.14. The molecule has 3 heteroatoms. The van der Waals surface area contributed by atoms with E-state index in [0.717, 1.165) is 36.2 Å². The minimum Gasteiger partial charge on any atom is -0.454 e. The molecule has 1 aromatic rings. The third-order valence-electron chi connectivity index (χ3n) is 2.42. The van der Waals surface area contributed by atoms with E-state index in [2.05, 4.69) is 6.08 Å². The summed E-state index contributed by atoms with van der Waals surface area (Å²) >= 11 is 0. The molecule has 0 N–H and O–H groups in total. The summed E-state index contributed by atoms with van der Waals surface area (Å²) in [6.45, 7) is 0.297. The van der Waals surface area contributed by atoms with E-state index >= 15 is 0 Å². The molecule has 0 spiro atoms. The number of benzene rings is 1.